The SMILES string of the molecule is CC(C)NC(=O)N1CCN(C(=O)c2cccs2)C[C@@]2(CC(=O)N(C)C2)C1. The number of thiophene rings is 1. The summed E-state index contributed by atoms with van der Waals surface area (Å²) in [7, 11) is 1.78. The number of rotatable bonds is 2. The summed E-state index contributed by atoms with van der Waals surface area (Å²) in [5.74, 6) is 0.0483. The molecule has 0 aromatic carbocycles. The fourth-order valence-corrected chi connectivity index (χ4v) is 4.51. The van der Waals surface area contributed by atoms with Gasteiger partial charge in [0.1, 0.15) is 0 Å². The third kappa shape index (κ3) is 3.85. The molecule has 2 fully saturated rings. The van der Waals surface area contributed by atoms with Crippen LogP contribution < -0.4 is 5.32 Å². The van der Waals surface area contributed by atoms with Gasteiger partial charge < -0.3 is 20.0 Å². The Kier molecular flexibility index (Phi) is 5.22. The van der Waals surface area contributed by atoms with Gasteiger partial charge in [-0.15, -0.1) is 11.3 Å². The van der Waals surface area contributed by atoms with Crippen molar-refractivity contribution in [2.24, 2.45) is 5.41 Å². The second kappa shape index (κ2) is 7.26. The van der Waals surface area contributed by atoms with Crippen LogP contribution in [0.3, 0.4) is 0 Å². The van der Waals surface area contributed by atoms with Gasteiger partial charge in [-0.2, -0.15) is 0 Å². The maximum atomic E-state index is 12.9. The number of hydrogen-bond donors (Lipinski definition) is 1. The highest BCUT2D eigenvalue weighted by molar-refractivity contribution is 7.12. The zero-order valence-corrected chi connectivity index (χ0v) is 16.3. The Balaban J connectivity index is 1.84. The van der Waals surface area contributed by atoms with Crippen molar-refractivity contribution in [2.45, 2.75) is 26.3 Å². The Bertz CT molecular complexity index is 691. The van der Waals surface area contributed by atoms with Crippen LogP contribution in [-0.2, 0) is 4.79 Å². The molecule has 8 heteroatoms. The largest absolute Gasteiger partial charge is 0.345 e. The number of carbonyl (C=O) groups is 3. The van der Waals surface area contributed by atoms with E-state index in [1.807, 2.05) is 31.4 Å². The van der Waals surface area contributed by atoms with Crippen LogP contribution in [0.25, 0.3) is 0 Å². The molecule has 2 saturated heterocycles. The number of nitrogens with one attached hydrogen (secondary N) is 1. The van der Waals surface area contributed by atoms with Crippen molar-refractivity contribution in [3.63, 3.8) is 0 Å². The summed E-state index contributed by atoms with van der Waals surface area (Å²) >= 11 is 1.42. The fraction of sp³-hybridized carbons (Fsp3) is 0.611. The first-order chi connectivity index (χ1) is 12.3. The molecule has 2 aliphatic rings. The standard InChI is InChI=1S/C18H26N4O3S/c1-13(2)19-17(25)22-7-6-21(16(24)14-5-4-8-26-14)11-18(12-22)9-15(23)20(3)10-18/h4-5,8,13H,6-7,9-12H2,1-3H3,(H,19,25)/t18-/m0/s1. The third-order valence-electron chi connectivity index (χ3n) is 4.94. The quantitative estimate of drug-likeness (QED) is 0.847. The lowest BCUT2D eigenvalue weighted by atomic mass is 9.86. The van der Waals surface area contributed by atoms with Gasteiger partial charge in [-0.1, -0.05) is 6.07 Å². The molecule has 1 N–H and O–H groups in total. The predicted molar refractivity (Wildman–Crippen MR) is 100 cm³/mol. The summed E-state index contributed by atoms with van der Waals surface area (Å²) in [6.45, 7) is 6.32. The van der Waals surface area contributed by atoms with E-state index in [0.29, 0.717) is 44.0 Å². The Morgan fingerprint density at radius 3 is 2.46 bits per heavy atom. The predicted octanol–water partition coefficient (Wildman–Crippen LogP) is 1.47. The highest BCUT2D eigenvalue weighted by Crippen LogP contribution is 2.35. The first-order valence-electron chi connectivity index (χ1n) is 8.92. The van der Waals surface area contributed by atoms with E-state index >= 15 is 0 Å². The summed E-state index contributed by atoms with van der Waals surface area (Å²) in [5, 5.41) is 4.81. The van der Waals surface area contributed by atoms with Crippen LogP contribution in [0.1, 0.15) is 29.9 Å². The van der Waals surface area contributed by atoms with Gasteiger partial charge in [0, 0.05) is 57.6 Å². The monoisotopic (exact) mass is 378 g/mol. The first-order valence-corrected chi connectivity index (χ1v) is 9.80. The van der Waals surface area contributed by atoms with Gasteiger partial charge in [-0.25, -0.2) is 4.79 Å². The Morgan fingerprint density at radius 1 is 1.19 bits per heavy atom. The van der Waals surface area contributed by atoms with Crippen LogP contribution in [0.4, 0.5) is 4.79 Å². The van der Waals surface area contributed by atoms with Crippen molar-refractivity contribution in [1.82, 2.24) is 20.0 Å². The fourth-order valence-electron chi connectivity index (χ4n) is 3.82. The van der Waals surface area contributed by atoms with Crippen LogP contribution in [0.15, 0.2) is 17.5 Å². The van der Waals surface area contributed by atoms with E-state index < -0.39 is 5.41 Å². The number of urea groups is 1. The number of carbonyl (C=O) groups excluding carboxylic acids is 3. The lowest BCUT2D eigenvalue weighted by molar-refractivity contribution is -0.126. The van der Waals surface area contributed by atoms with Gasteiger partial charge in [0.05, 0.1) is 4.88 Å². The van der Waals surface area contributed by atoms with Crippen LogP contribution >= 0.6 is 11.3 Å². The van der Waals surface area contributed by atoms with Gasteiger partial charge in [0.15, 0.2) is 0 Å². The van der Waals surface area contributed by atoms with Gasteiger partial charge in [-0.05, 0) is 25.3 Å². The molecule has 7 nitrogen and oxygen atoms in total. The Hall–Kier alpha value is -2.09. The molecule has 2 aliphatic heterocycles. The highest BCUT2D eigenvalue weighted by atomic mass is 32.1. The zero-order chi connectivity index (χ0) is 18.9. The van der Waals surface area contributed by atoms with E-state index in [1.54, 1.807) is 21.7 Å². The smallest absolute Gasteiger partial charge is 0.317 e. The van der Waals surface area contributed by atoms with Crippen molar-refractivity contribution in [3.8, 4) is 0 Å². The lowest BCUT2D eigenvalue weighted by Gasteiger charge is -2.33. The normalized spacial score (nSPS) is 23.7. The molecule has 0 unspecified atom stereocenters. The number of likely N-dealkylation sites (tertiary alicyclic amines) is 1. The zero-order valence-electron chi connectivity index (χ0n) is 15.5. The molecule has 0 radical (unpaired) electrons. The molecule has 4 amide bonds. The molecule has 0 aliphatic carbocycles. The summed E-state index contributed by atoms with van der Waals surface area (Å²) in [4.78, 5) is 43.7. The van der Waals surface area contributed by atoms with E-state index in [1.165, 1.54) is 11.3 Å². The summed E-state index contributed by atoms with van der Waals surface area (Å²) < 4.78 is 0. The van der Waals surface area contributed by atoms with E-state index in [-0.39, 0.29) is 23.9 Å². The van der Waals surface area contributed by atoms with Gasteiger partial charge in [-0.3, -0.25) is 9.59 Å². The van der Waals surface area contributed by atoms with Crippen molar-refractivity contribution in [2.75, 3.05) is 39.8 Å². The lowest BCUT2D eigenvalue weighted by Crippen LogP contribution is -2.49. The second-order valence-electron chi connectivity index (χ2n) is 7.66. The second-order valence-corrected chi connectivity index (χ2v) is 8.60. The molecule has 1 aromatic rings. The van der Waals surface area contributed by atoms with Crippen molar-refractivity contribution in [3.05, 3.63) is 22.4 Å². The van der Waals surface area contributed by atoms with E-state index in [0.717, 1.165) is 0 Å². The molecule has 1 atom stereocenters. The molecule has 0 saturated carbocycles. The van der Waals surface area contributed by atoms with Crippen molar-refractivity contribution in [1.29, 1.82) is 0 Å². The Morgan fingerprint density at radius 2 is 1.88 bits per heavy atom. The number of nitrogens with zero attached hydrogens (tertiary/aromatic N) is 3. The number of hydrogen-bond acceptors (Lipinski definition) is 4. The minimum atomic E-state index is -0.413. The summed E-state index contributed by atoms with van der Waals surface area (Å²) in [6, 6.07) is 3.59. The maximum Gasteiger partial charge on any atom is 0.317 e. The summed E-state index contributed by atoms with van der Waals surface area (Å²) in [6.07, 6.45) is 0.364. The van der Waals surface area contributed by atoms with Crippen LogP contribution in [0.5, 0.6) is 0 Å². The topological polar surface area (TPSA) is 73.0 Å². The van der Waals surface area contributed by atoms with Gasteiger partial charge in [0.2, 0.25) is 5.91 Å². The van der Waals surface area contributed by atoms with Crippen molar-refractivity contribution >= 4 is 29.2 Å². The van der Waals surface area contributed by atoms with Crippen LogP contribution in [0, 0.1) is 5.41 Å². The van der Waals surface area contributed by atoms with E-state index in [9.17, 15) is 14.4 Å². The average Bonchev–Trinajstić information content (AvgIpc) is 3.13. The molecular formula is C18H26N4O3S. The minimum Gasteiger partial charge on any atom is -0.345 e. The number of amides is 4. The third-order valence-corrected chi connectivity index (χ3v) is 5.79. The molecule has 1 spiro atoms. The molecule has 26 heavy (non-hydrogen) atoms. The van der Waals surface area contributed by atoms with E-state index in [4.69, 9.17) is 0 Å². The van der Waals surface area contributed by atoms with Crippen LogP contribution in [-0.4, -0.2) is 78.4 Å². The molecule has 3 rings (SSSR count). The minimum absolute atomic E-state index is 0.0208. The Labute approximate surface area is 157 Å². The first kappa shape index (κ1) is 18.7. The average molecular weight is 378 g/mol. The molecule has 0 bridgehead atoms. The van der Waals surface area contributed by atoms with Gasteiger partial charge in [0.25, 0.3) is 5.91 Å². The highest BCUT2D eigenvalue weighted by Gasteiger charge is 2.47. The van der Waals surface area contributed by atoms with Crippen molar-refractivity contribution < 1.29 is 14.4 Å². The molecular weight excluding hydrogens is 352 g/mol. The molecule has 1 aromatic heterocycles. The van der Waals surface area contributed by atoms with E-state index in [2.05, 4.69) is 5.32 Å². The molecule has 142 valence electrons. The van der Waals surface area contributed by atoms with Gasteiger partial charge >= 0.3 is 6.03 Å². The maximum absolute atomic E-state index is 12.9. The summed E-state index contributed by atoms with van der Waals surface area (Å²) in [5.41, 5.74) is -0.413. The molecule has 3 heterocycles. The van der Waals surface area contributed by atoms with Crippen LogP contribution in [0.2, 0.25) is 0 Å².